The predicted octanol–water partition coefficient (Wildman–Crippen LogP) is 2.64. The molecule has 2 rings (SSSR count). The Morgan fingerprint density at radius 2 is 1.96 bits per heavy atom. The third-order valence-corrected chi connectivity index (χ3v) is 4.95. The van der Waals surface area contributed by atoms with Crippen molar-refractivity contribution in [1.29, 1.82) is 0 Å². The molecule has 0 bridgehead atoms. The minimum Gasteiger partial charge on any atom is -0.392 e. The van der Waals surface area contributed by atoms with E-state index in [9.17, 15) is 9.50 Å². The number of rotatable bonds is 7. The van der Waals surface area contributed by atoms with E-state index in [1.807, 2.05) is 6.92 Å². The molecule has 1 aliphatic heterocycles. The van der Waals surface area contributed by atoms with Crippen LogP contribution in [0.15, 0.2) is 23.2 Å². The third kappa shape index (κ3) is 5.95. The second-order valence-corrected chi connectivity index (χ2v) is 7.49. The van der Waals surface area contributed by atoms with Crippen LogP contribution in [0, 0.1) is 5.82 Å². The molecule has 6 heteroatoms. The lowest BCUT2D eigenvalue weighted by Crippen LogP contribution is -2.54. The maximum Gasteiger partial charge on any atom is 0.191 e. The van der Waals surface area contributed by atoms with Crippen LogP contribution in [-0.4, -0.2) is 47.7 Å². The molecule has 26 heavy (non-hydrogen) atoms. The number of aliphatic hydroxyl groups excluding tert-OH is 1. The summed E-state index contributed by atoms with van der Waals surface area (Å²) < 4.78 is 13.5. The molecule has 0 aliphatic carbocycles. The molecule has 0 unspecified atom stereocenters. The van der Waals surface area contributed by atoms with E-state index in [-0.39, 0.29) is 18.0 Å². The van der Waals surface area contributed by atoms with Gasteiger partial charge in [-0.05, 0) is 64.4 Å². The van der Waals surface area contributed by atoms with Gasteiger partial charge in [-0.2, -0.15) is 0 Å². The normalized spacial score (nSPS) is 16.6. The largest absolute Gasteiger partial charge is 0.392 e. The van der Waals surface area contributed by atoms with Gasteiger partial charge < -0.3 is 15.7 Å². The Morgan fingerprint density at radius 1 is 1.23 bits per heavy atom. The third-order valence-electron chi connectivity index (χ3n) is 4.95. The van der Waals surface area contributed by atoms with Crippen LogP contribution in [0.5, 0.6) is 0 Å². The van der Waals surface area contributed by atoms with Crippen LogP contribution < -0.4 is 10.6 Å². The predicted molar refractivity (Wildman–Crippen MR) is 105 cm³/mol. The highest BCUT2D eigenvalue weighted by molar-refractivity contribution is 5.79. The fourth-order valence-corrected chi connectivity index (χ4v) is 3.27. The average Bonchev–Trinajstić information content (AvgIpc) is 2.66. The van der Waals surface area contributed by atoms with Gasteiger partial charge in [-0.15, -0.1) is 0 Å². The van der Waals surface area contributed by atoms with Crippen molar-refractivity contribution in [2.75, 3.05) is 26.2 Å². The maximum atomic E-state index is 13.5. The first kappa shape index (κ1) is 20.6. The van der Waals surface area contributed by atoms with Crippen molar-refractivity contribution in [1.82, 2.24) is 15.5 Å². The molecule has 0 atom stereocenters. The highest BCUT2D eigenvalue weighted by Crippen LogP contribution is 2.19. The van der Waals surface area contributed by atoms with Crippen molar-refractivity contribution >= 4 is 5.96 Å². The number of piperidine rings is 1. The topological polar surface area (TPSA) is 59.9 Å². The van der Waals surface area contributed by atoms with Gasteiger partial charge in [-0.3, -0.25) is 4.90 Å². The molecule has 0 amide bonds. The van der Waals surface area contributed by atoms with Crippen molar-refractivity contribution in [3.8, 4) is 0 Å². The Hall–Kier alpha value is -1.66. The SMILES string of the molecule is CCNC(=NCc1ccc(F)c(CO)c1)NCC(C)(C)N1CCCCC1. The summed E-state index contributed by atoms with van der Waals surface area (Å²) in [6.07, 6.45) is 3.88. The van der Waals surface area contributed by atoms with E-state index < -0.39 is 0 Å². The first-order chi connectivity index (χ1) is 12.5. The minimum atomic E-state index is -0.381. The van der Waals surface area contributed by atoms with E-state index in [0.29, 0.717) is 12.1 Å². The molecule has 3 N–H and O–H groups in total. The first-order valence-corrected chi connectivity index (χ1v) is 9.61. The molecule has 5 nitrogen and oxygen atoms in total. The fraction of sp³-hybridized carbons (Fsp3) is 0.650. The molecule has 1 heterocycles. The average molecular weight is 365 g/mol. The van der Waals surface area contributed by atoms with E-state index in [0.717, 1.165) is 37.7 Å². The lowest BCUT2D eigenvalue weighted by molar-refractivity contribution is 0.0982. The number of aliphatic hydroxyl groups is 1. The first-order valence-electron chi connectivity index (χ1n) is 9.61. The van der Waals surface area contributed by atoms with Crippen molar-refractivity contribution in [2.45, 2.75) is 58.7 Å². The number of nitrogens with zero attached hydrogens (tertiary/aromatic N) is 2. The summed E-state index contributed by atoms with van der Waals surface area (Å²) in [7, 11) is 0. The van der Waals surface area contributed by atoms with E-state index in [2.05, 4.69) is 34.4 Å². The highest BCUT2D eigenvalue weighted by atomic mass is 19.1. The molecular formula is C20H33FN4O. The van der Waals surface area contributed by atoms with Gasteiger partial charge in [0.2, 0.25) is 0 Å². The summed E-state index contributed by atoms with van der Waals surface area (Å²) in [6, 6.07) is 4.76. The molecule has 0 radical (unpaired) electrons. The Kier molecular flexibility index (Phi) is 7.85. The zero-order valence-electron chi connectivity index (χ0n) is 16.3. The van der Waals surface area contributed by atoms with Gasteiger partial charge in [-0.25, -0.2) is 9.38 Å². The lowest BCUT2D eigenvalue weighted by atomic mass is 9.98. The van der Waals surface area contributed by atoms with Crippen LogP contribution in [0.2, 0.25) is 0 Å². The van der Waals surface area contributed by atoms with E-state index in [1.165, 1.54) is 25.3 Å². The number of aliphatic imine (C=N–C) groups is 1. The van der Waals surface area contributed by atoms with Crippen molar-refractivity contribution in [2.24, 2.45) is 4.99 Å². The second kappa shape index (κ2) is 9.88. The van der Waals surface area contributed by atoms with Crippen LogP contribution in [0.4, 0.5) is 4.39 Å². The summed E-state index contributed by atoms with van der Waals surface area (Å²) in [4.78, 5) is 7.15. The fourth-order valence-electron chi connectivity index (χ4n) is 3.27. The minimum absolute atomic E-state index is 0.0660. The maximum absolute atomic E-state index is 13.5. The molecule has 0 saturated carbocycles. The van der Waals surface area contributed by atoms with Gasteiger partial charge >= 0.3 is 0 Å². The second-order valence-electron chi connectivity index (χ2n) is 7.49. The number of halogens is 1. The molecule has 0 spiro atoms. The van der Waals surface area contributed by atoms with Gasteiger partial charge in [0.05, 0.1) is 13.2 Å². The Balaban J connectivity index is 1.97. The van der Waals surface area contributed by atoms with Gasteiger partial charge in [0.1, 0.15) is 5.82 Å². The van der Waals surface area contributed by atoms with Crippen LogP contribution in [0.1, 0.15) is 51.2 Å². The summed E-state index contributed by atoms with van der Waals surface area (Å²) in [5, 5.41) is 15.9. The standard InChI is InChI=1S/C20H33FN4O/c1-4-22-19(23-13-16-8-9-18(21)17(12-16)14-26)24-15-20(2,3)25-10-6-5-7-11-25/h8-9,12,26H,4-7,10-11,13-15H2,1-3H3,(H2,22,23,24). The number of nitrogens with one attached hydrogen (secondary N) is 2. The number of benzene rings is 1. The summed E-state index contributed by atoms with van der Waals surface area (Å²) in [5.74, 6) is 0.376. The van der Waals surface area contributed by atoms with Gasteiger partial charge in [0, 0.05) is 24.2 Å². The zero-order valence-corrected chi connectivity index (χ0v) is 16.3. The van der Waals surface area contributed by atoms with Gasteiger partial charge in [0.15, 0.2) is 5.96 Å². The summed E-state index contributed by atoms with van der Waals surface area (Å²) in [5.41, 5.74) is 1.25. The van der Waals surface area contributed by atoms with Crippen molar-refractivity contribution in [3.63, 3.8) is 0 Å². The van der Waals surface area contributed by atoms with E-state index in [1.54, 1.807) is 12.1 Å². The van der Waals surface area contributed by atoms with Crippen molar-refractivity contribution in [3.05, 3.63) is 35.1 Å². The lowest BCUT2D eigenvalue weighted by Gasteiger charge is -2.41. The zero-order chi connectivity index (χ0) is 19.0. The molecular weight excluding hydrogens is 331 g/mol. The van der Waals surface area contributed by atoms with Crippen molar-refractivity contribution < 1.29 is 9.50 Å². The quantitative estimate of drug-likeness (QED) is 0.514. The van der Waals surface area contributed by atoms with Crippen LogP contribution in [0.25, 0.3) is 0 Å². The van der Waals surface area contributed by atoms with Crippen LogP contribution in [-0.2, 0) is 13.2 Å². The smallest absolute Gasteiger partial charge is 0.191 e. The molecule has 1 saturated heterocycles. The Morgan fingerprint density at radius 3 is 2.62 bits per heavy atom. The Labute approximate surface area is 156 Å². The van der Waals surface area contributed by atoms with Gasteiger partial charge in [0.25, 0.3) is 0 Å². The molecule has 146 valence electrons. The highest BCUT2D eigenvalue weighted by Gasteiger charge is 2.27. The van der Waals surface area contributed by atoms with Crippen LogP contribution in [0.3, 0.4) is 0 Å². The number of hydrogen-bond donors (Lipinski definition) is 3. The molecule has 0 aromatic heterocycles. The number of likely N-dealkylation sites (tertiary alicyclic amines) is 1. The molecule has 1 aromatic carbocycles. The van der Waals surface area contributed by atoms with E-state index >= 15 is 0 Å². The summed E-state index contributed by atoms with van der Waals surface area (Å²) in [6.45, 7) is 10.6. The number of guanidine groups is 1. The van der Waals surface area contributed by atoms with E-state index in [4.69, 9.17) is 0 Å². The molecule has 1 aromatic rings. The molecule has 1 fully saturated rings. The van der Waals surface area contributed by atoms with Crippen LogP contribution >= 0.6 is 0 Å². The monoisotopic (exact) mass is 364 g/mol. The van der Waals surface area contributed by atoms with Gasteiger partial charge in [-0.1, -0.05) is 12.5 Å². The number of hydrogen-bond acceptors (Lipinski definition) is 3. The summed E-state index contributed by atoms with van der Waals surface area (Å²) >= 11 is 0. The Bertz CT molecular complexity index is 597. The molecule has 1 aliphatic rings.